The summed E-state index contributed by atoms with van der Waals surface area (Å²) in [5, 5.41) is 6.78. The van der Waals surface area contributed by atoms with E-state index in [1.165, 1.54) is 0 Å². The summed E-state index contributed by atoms with van der Waals surface area (Å²) in [5.41, 5.74) is 7.53. The second-order valence-corrected chi connectivity index (χ2v) is 3.70. The zero-order valence-electron chi connectivity index (χ0n) is 8.75. The van der Waals surface area contributed by atoms with E-state index in [-0.39, 0.29) is 11.9 Å². The molecule has 0 amide bonds. The van der Waals surface area contributed by atoms with Crippen molar-refractivity contribution in [1.82, 2.24) is 10.2 Å². The molecular weight excluding hydrogens is 194 g/mol. The third-order valence-corrected chi connectivity index (χ3v) is 2.77. The first-order chi connectivity index (χ1) is 7.24. The lowest BCUT2D eigenvalue weighted by molar-refractivity contribution is -0.145. The summed E-state index contributed by atoms with van der Waals surface area (Å²) in [4.78, 5) is 11.7. The van der Waals surface area contributed by atoms with Crippen LogP contribution in [0, 0.1) is 0 Å². The largest absolute Gasteiger partial charge is 0.465 e. The smallest absolute Gasteiger partial charge is 0.314 e. The second-order valence-electron chi connectivity index (χ2n) is 3.70. The van der Waals surface area contributed by atoms with Gasteiger partial charge in [0.15, 0.2) is 0 Å². The number of ether oxygens (including phenoxy) is 1. The number of aromatic nitrogens is 2. The van der Waals surface area contributed by atoms with Crippen LogP contribution in [0.25, 0.3) is 0 Å². The molecule has 82 valence electrons. The summed E-state index contributed by atoms with van der Waals surface area (Å²) in [5.74, 6) is 0.125. The molecule has 0 radical (unpaired) electrons. The number of nitrogens with zero attached hydrogens (tertiary/aromatic N) is 1. The number of nitrogens with one attached hydrogen (secondary N) is 1. The highest BCUT2D eigenvalue weighted by Crippen LogP contribution is 2.33. The van der Waals surface area contributed by atoms with E-state index >= 15 is 0 Å². The third-order valence-electron chi connectivity index (χ3n) is 2.77. The number of H-pyrrole nitrogens is 1. The number of hydrogen-bond donors (Lipinski definition) is 2. The van der Waals surface area contributed by atoms with Crippen LogP contribution in [-0.4, -0.2) is 22.8 Å². The van der Waals surface area contributed by atoms with Crippen LogP contribution in [0.2, 0.25) is 0 Å². The van der Waals surface area contributed by atoms with Crippen molar-refractivity contribution < 1.29 is 9.53 Å². The number of esters is 1. The molecule has 0 aromatic carbocycles. The Bertz CT molecular complexity index is 373. The van der Waals surface area contributed by atoms with Crippen molar-refractivity contribution in [2.75, 3.05) is 12.3 Å². The third kappa shape index (κ3) is 1.69. The van der Waals surface area contributed by atoms with Crippen LogP contribution in [0.1, 0.15) is 36.9 Å². The fourth-order valence-electron chi connectivity index (χ4n) is 2.05. The lowest BCUT2D eigenvalue weighted by Crippen LogP contribution is -2.21. The Kier molecular flexibility index (Phi) is 2.62. The Morgan fingerprint density at radius 3 is 3.27 bits per heavy atom. The molecule has 1 aliphatic carbocycles. The quantitative estimate of drug-likeness (QED) is 0.711. The van der Waals surface area contributed by atoms with Gasteiger partial charge in [0.05, 0.1) is 18.2 Å². The molecule has 1 aromatic heterocycles. The topological polar surface area (TPSA) is 81.0 Å². The van der Waals surface area contributed by atoms with Crippen LogP contribution < -0.4 is 5.73 Å². The Morgan fingerprint density at radius 2 is 2.53 bits per heavy atom. The van der Waals surface area contributed by atoms with Crippen LogP contribution in [0.4, 0.5) is 5.82 Å². The monoisotopic (exact) mass is 209 g/mol. The molecule has 2 rings (SSSR count). The molecule has 5 nitrogen and oxygen atoms in total. The van der Waals surface area contributed by atoms with Gasteiger partial charge in [0, 0.05) is 5.56 Å². The zero-order valence-corrected chi connectivity index (χ0v) is 8.75. The van der Waals surface area contributed by atoms with Gasteiger partial charge in [0.25, 0.3) is 0 Å². The minimum absolute atomic E-state index is 0.179. The molecule has 0 bridgehead atoms. The average Bonchev–Trinajstić information content (AvgIpc) is 2.61. The van der Waals surface area contributed by atoms with Gasteiger partial charge in [0.1, 0.15) is 5.82 Å². The molecular formula is C10H15N3O2. The van der Waals surface area contributed by atoms with Gasteiger partial charge in [-0.25, -0.2) is 0 Å². The Morgan fingerprint density at radius 1 is 1.73 bits per heavy atom. The summed E-state index contributed by atoms with van der Waals surface area (Å²) in [6, 6.07) is 0. The van der Waals surface area contributed by atoms with Crippen LogP contribution in [0.15, 0.2) is 0 Å². The maximum absolute atomic E-state index is 11.7. The molecule has 1 aliphatic rings. The summed E-state index contributed by atoms with van der Waals surface area (Å²) in [7, 11) is 0. The maximum atomic E-state index is 11.7. The highest BCUT2D eigenvalue weighted by Gasteiger charge is 2.30. The zero-order chi connectivity index (χ0) is 10.8. The predicted molar refractivity (Wildman–Crippen MR) is 55.3 cm³/mol. The molecule has 1 aromatic rings. The molecule has 1 atom stereocenters. The predicted octanol–water partition coefficient (Wildman–Crippen LogP) is 0.975. The normalized spacial score (nSPS) is 19.7. The molecule has 3 N–H and O–H groups in total. The van der Waals surface area contributed by atoms with Gasteiger partial charge < -0.3 is 10.5 Å². The molecule has 1 unspecified atom stereocenters. The molecule has 15 heavy (non-hydrogen) atoms. The number of aromatic amines is 1. The SMILES string of the molecule is CCOC(=O)C1CCCc2c(N)n[nH]c21. The summed E-state index contributed by atoms with van der Waals surface area (Å²) in [6.45, 7) is 2.22. The number of carbonyl (C=O) groups excluding carboxylic acids is 1. The van der Waals surface area contributed by atoms with Crippen molar-refractivity contribution in [3.63, 3.8) is 0 Å². The number of fused-ring (bicyclic) bond motifs is 1. The second kappa shape index (κ2) is 3.92. The van der Waals surface area contributed by atoms with E-state index in [9.17, 15) is 4.79 Å². The van der Waals surface area contributed by atoms with Crippen LogP contribution in [-0.2, 0) is 16.0 Å². The van der Waals surface area contributed by atoms with Crippen molar-refractivity contribution in [2.24, 2.45) is 0 Å². The van der Waals surface area contributed by atoms with Crippen LogP contribution in [0.3, 0.4) is 0 Å². The highest BCUT2D eigenvalue weighted by molar-refractivity contribution is 5.79. The van der Waals surface area contributed by atoms with Gasteiger partial charge >= 0.3 is 5.97 Å². The van der Waals surface area contributed by atoms with Crippen molar-refractivity contribution in [3.05, 3.63) is 11.3 Å². The van der Waals surface area contributed by atoms with E-state index in [0.29, 0.717) is 12.4 Å². The number of rotatable bonds is 2. The van der Waals surface area contributed by atoms with Crippen LogP contribution >= 0.6 is 0 Å². The lowest BCUT2D eigenvalue weighted by atomic mass is 9.87. The fourth-order valence-corrected chi connectivity index (χ4v) is 2.05. The van der Waals surface area contributed by atoms with E-state index < -0.39 is 0 Å². The Labute approximate surface area is 88.0 Å². The average molecular weight is 209 g/mol. The van der Waals surface area contributed by atoms with Gasteiger partial charge in [-0.3, -0.25) is 9.89 Å². The molecule has 0 spiro atoms. The van der Waals surface area contributed by atoms with E-state index in [2.05, 4.69) is 10.2 Å². The van der Waals surface area contributed by atoms with E-state index in [4.69, 9.17) is 10.5 Å². The molecule has 5 heteroatoms. The maximum Gasteiger partial charge on any atom is 0.314 e. The van der Waals surface area contributed by atoms with Gasteiger partial charge in [-0.1, -0.05) is 0 Å². The first-order valence-electron chi connectivity index (χ1n) is 5.23. The van der Waals surface area contributed by atoms with E-state index in [1.54, 1.807) is 0 Å². The number of hydrogen-bond acceptors (Lipinski definition) is 4. The van der Waals surface area contributed by atoms with Crippen molar-refractivity contribution in [3.8, 4) is 0 Å². The van der Waals surface area contributed by atoms with Crippen molar-refractivity contribution in [2.45, 2.75) is 32.1 Å². The Balaban J connectivity index is 2.26. The molecule has 0 saturated heterocycles. The minimum Gasteiger partial charge on any atom is -0.465 e. The van der Waals surface area contributed by atoms with E-state index in [1.807, 2.05) is 6.92 Å². The number of carbonyl (C=O) groups is 1. The first kappa shape index (κ1) is 10.0. The molecule has 0 fully saturated rings. The first-order valence-corrected chi connectivity index (χ1v) is 5.23. The van der Waals surface area contributed by atoms with Crippen molar-refractivity contribution >= 4 is 11.8 Å². The van der Waals surface area contributed by atoms with Crippen LogP contribution in [0.5, 0.6) is 0 Å². The molecule has 0 saturated carbocycles. The van der Waals surface area contributed by atoms with Gasteiger partial charge in [-0.15, -0.1) is 0 Å². The number of nitrogen functional groups attached to an aromatic ring is 1. The minimum atomic E-state index is -0.210. The number of nitrogens with two attached hydrogens (primary N) is 1. The Hall–Kier alpha value is -1.52. The number of anilines is 1. The van der Waals surface area contributed by atoms with E-state index in [0.717, 1.165) is 30.5 Å². The van der Waals surface area contributed by atoms with Gasteiger partial charge in [-0.05, 0) is 26.2 Å². The summed E-state index contributed by atoms with van der Waals surface area (Å²) < 4.78 is 5.02. The van der Waals surface area contributed by atoms with Crippen molar-refractivity contribution in [1.29, 1.82) is 0 Å². The summed E-state index contributed by atoms with van der Waals surface area (Å²) >= 11 is 0. The van der Waals surface area contributed by atoms with Gasteiger partial charge in [-0.2, -0.15) is 5.10 Å². The lowest BCUT2D eigenvalue weighted by Gasteiger charge is -2.20. The highest BCUT2D eigenvalue weighted by atomic mass is 16.5. The fraction of sp³-hybridized carbons (Fsp3) is 0.600. The molecule has 1 heterocycles. The molecule has 0 aliphatic heterocycles. The van der Waals surface area contributed by atoms with Gasteiger partial charge in [0.2, 0.25) is 0 Å². The standard InChI is InChI=1S/C10H15N3O2/c1-2-15-10(14)7-5-3-4-6-8(7)12-13-9(6)11/h7H,2-5H2,1H3,(H3,11,12,13). The summed E-state index contributed by atoms with van der Waals surface area (Å²) in [6.07, 6.45) is 2.67.